The van der Waals surface area contributed by atoms with Crippen LogP contribution in [0.2, 0.25) is 0 Å². The number of hydrogen-bond donors (Lipinski definition) is 3. The summed E-state index contributed by atoms with van der Waals surface area (Å²) in [6.45, 7) is 5.09. The number of nitrogens with two attached hydrogens (primary N) is 1. The lowest BCUT2D eigenvalue weighted by Crippen LogP contribution is -2.44. The summed E-state index contributed by atoms with van der Waals surface area (Å²) in [4.78, 5) is 26.8. The minimum absolute atomic E-state index is 0.0152. The number of likely N-dealkylation sites (tertiary alicyclic amines) is 1. The molecule has 1 saturated heterocycles. The van der Waals surface area contributed by atoms with E-state index in [1.165, 1.54) is 22.2 Å². The highest BCUT2D eigenvalue weighted by atomic mass is 16.5. The number of carboxylic acid groups (broad SMARTS) is 1. The van der Waals surface area contributed by atoms with Crippen LogP contribution in [0.25, 0.3) is 10.9 Å². The molecule has 8 nitrogen and oxygen atoms in total. The molecule has 4 N–H and O–H groups in total. The molecule has 1 aromatic heterocycles. The van der Waals surface area contributed by atoms with Crippen molar-refractivity contribution >= 4 is 28.6 Å². The summed E-state index contributed by atoms with van der Waals surface area (Å²) < 4.78 is 7.72. The van der Waals surface area contributed by atoms with Gasteiger partial charge in [0.05, 0.1) is 0 Å². The number of carbonyl (C=O) groups is 2. The van der Waals surface area contributed by atoms with Crippen LogP contribution in [0.1, 0.15) is 48.4 Å². The van der Waals surface area contributed by atoms with Gasteiger partial charge in [0.15, 0.2) is 0 Å². The van der Waals surface area contributed by atoms with Gasteiger partial charge in [0.2, 0.25) is 5.91 Å². The summed E-state index contributed by atoms with van der Waals surface area (Å²) >= 11 is 0. The van der Waals surface area contributed by atoms with Crippen LogP contribution >= 0.6 is 0 Å². The molecule has 1 aliphatic rings. The third-order valence-electron chi connectivity index (χ3n) is 7.38. The Morgan fingerprint density at radius 3 is 2.68 bits per heavy atom. The number of nitrogens with one attached hydrogen (secondary N) is 1. The second-order valence-electron chi connectivity index (χ2n) is 10.0. The van der Waals surface area contributed by atoms with Crippen molar-refractivity contribution < 1.29 is 19.4 Å². The zero-order valence-electron chi connectivity index (χ0n) is 21.8. The minimum Gasteiger partial charge on any atom is -0.465 e. The first-order valence-corrected chi connectivity index (χ1v) is 13.1. The van der Waals surface area contributed by atoms with E-state index in [0.29, 0.717) is 31.8 Å². The van der Waals surface area contributed by atoms with Crippen LogP contribution < -0.4 is 11.1 Å². The molecule has 0 aliphatic carbocycles. The Hall–Kier alpha value is -3.52. The van der Waals surface area contributed by atoms with Crippen LogP contribution in [0.4, 0.5) is 10.5 Å². The molecule has 0 radical (unpaired) electrons. The topological polar surface area (TPSA) is 110 Å². The van der Waals surface area contributed by atoms with Crippen molar-refractivity contribution in [2.75, 3.05) is 32.5 Å². The molecule has 1 aliphatic heterocycles. The zero-order valence-corrected chi connectivity index (χ0v) is 21.8. The average Bonchev–Trinajstić information content (AvgIpc) is 3.17. The van der Waals surface area contributed by atoms with Crippen LogP contribution in [0.5, 0.6) is 0 Å². The van der Waals surface area contributed by atoms with Crippen molar-refractivity contribution in [1.29, 1.82) is 0 Å². The predicted octanol–water partition coefficient (Wildman–Crippen LogP) is 4.54. The number of ether oxygens (including phenoxy) is 1. The summed E-state index contributed by atoms with van der Waals surface area (Å²) in [6, 6.07) is 15.3. The lowest BCUT2D eigenvalue weighted by Gasteiger charge is -2.35. The summed E-state index contributed by atoms with van der Waals surface area (Å²) in [5, 5.41) is 13.2. The lowest BCUT2D eigenvalue weighted by atomic mass is 9.91. The second kappa shape index (κ2) is 12.1. The maximum Gasteiger partial charge on any atom is 0.404 e. The van der Waals surface area contributed by atoms with Crippen molar-refractivity contribution in [1.82, 2.24) is 14.8 Å². The monoisotopic (exact) mass is 506 g/mol. The molecule has 1 unspecified atom stereocenters. The van der Waals surface area contributed by atoms with Gasteiger partial charge in [0.25, 0.3) is 0 Å². The summed E-state index contributed by atoms with van der Waals surface area (Å²) in [5.74, 6) is 0.217. The standard InChI is InChI=1S/C29H38N4O4/c1-20-25-8-3-4-9-26(25)33(15-6-16-37-2)28(20)22-7-5-14-32(19-22)27(34)18-24(31-29(35)36)17-21-10-12-23(30)13-11-21/h3-4,8-13,22,24,31H,5-7,14-19,30H2,1-2H3,(H,35,36)/t22?,24-/m1/s1. The average molecular weight is 507 g/mol. The minimum atomic E-state index is -1.12. The van der Waals surface area contributed by atoms with E-state index in [0.717, 1.165) is 31.4 Å². The van der Waals surface area contributed by atoms with Crippen molar-refractivity contribution in [3.05, 3.63) is 65.4 Å². The number of anilines is 1. The van der Waals surface area contributed by atoms with Crippen molar-refractivity contribution in [2.45, 2.75) is 57.5 Å². The van der Waals surface area contributed by atoms with E-state index in [9.17, 15) is 14.7 Å². The highest BCUT2D eigenvalue weighted by Gasteiger charge is 2.30. The number of benzene rings is 2. The van der Waals surface area contributed by atoms with Gasteiger partial charge in [0, 0.05) is 74.0 Å². The number of fused-ring (bicyclic) bond motifs is 1. The molecule has 0 bridgehead atoms. The van der Waals surface area contributed by atoms with Gasteiger partial charge in [0.1, 0.15) is 0 Å². The number of hydrogen-bond acceptors (Lipinski definition) is 4. The van der Waals surface area contributed by atoms with Gasteiger partial charge in [-0.15, -0.1) is 0 Å². The van der Waals surface area contributed by atoms with Crippen molar-refractivity contribution in [3.63, 3.8) is 0 Å². The van der Waals surface area contributed by atoms with E-state index in [1.54, 1.807) is 19.2 Å². The first-order chi connectivity index (χ1) is 17.9. The molecule has 0 spiro atoms. The molecule has 4 rings (SSSR count). The molecule has 2 aromatic carbocycles. The molecule has 2 heterocycles. The predicted molar refractivity (Wildman–Crippen MR) is 146 cm³/mol. The molecule has 2 atom stereocenters. The van der Waals surface area contributed by atoms with Crippen molar-refractivity contribution in [2.24, 2.45) is 0 Å². The Labute approximate surface area is 218 Å². The molecule has 2 amide bonds. The van der Waals surface area contributed by atoms with E-state index in [4.69, 9.17) is 10.5 Å². The highest BCUT2D eigenvalue weighted by molar-refractivity contribution is 5.85. The molecule has 1 fully saturated rings. The number of aromatic nitrogens is 1. The van der Waals surface area contributed by atoms with E-state index in [2.05, 4.69) is 41.1 Å². The third kappa shape index (κ3) is 6.43. The van der Waals surface area contributed by atoms with Gasteiger partial charge in [-0.05, 0) is 61.9 Å². The fourth-order valence-corrected chi connectivity index (χ4v) is 5.68. The molecular formula is C29H38N4O4. The van der Waals surface area contributed by atoms with Crippen molar-refractivity contribution in [3.8, 4) is 0 Å². The first-order valence-electron chi connectivity index (χ1n) is 13.1. The van der Waals surface area contributed by atoms with Crippen LogP contribution in [0, 0.1) is 6.92 Å². The van der Waals surface area contributed by atoms with Gasteiger partial charge >= 0.3 is 6.09 Å². The van der Waals surface area contributed by atoms with Gasteiger partial charge < -0.3 is 30.4 Å². The maximum atomic E-state index is 13.4. The molecule has 3 aromatic rings. The zero-order chi connectivity index (χ0) is 26.4. The molecule has 198 valence electrons. The number of amides is 2. The fraction of sp³-hybridized carbons (Fsp3) is 0.448. The van der Waals surface area contributed by atoms with Gasteiger partial charge in [-0.2, -0.15) is 0 Å². The third-order valence-corrected chi connectivity index (χ3v) is 7.38. The number of methoxy groups -OCH3 is 1. The number of aryl methyl sites for hydroxylation is 2. The normalized spacial score (nSPS) is 16.6. The number of piperidine rings is 1. The molecular weight excluding hydrogens is 468 g/mol. The number of nitrogens with zero attached hydrogens (tertiary/aromatic N) is 2. The van der Waals surface area contributed by atoms with E-state index in [-0.39, 0.29) is 18.2 Å². The highest BCUT2D eigenvalue weighted by Crippen LogP contribution is 2.36. The van der Waals surface area contributed by atoms with E-state index in [1.807, 2.05) is 17.0 Å². The fourth-order valence-electron chi connectivity index (χ4n) is 5.68. The molecule has 37 heavy (non-hydrogen) atoms. The van der Waals surface area contributed by atoms with E-state index >= 15 is 0 Å². The number of carbonyl (C=O) groups excluding carboxylic acids is 1. The first kappa shape index (κ1) is 26.5. The lowest BCUT2D eigenvalue weighted by molar-refractivity contribution is -0.132. The van der Waals surface area contributed by atoms with Gasteiger partial charge in [-0.25, -0.2) is 4.79 Å². The summed E-state index contributed by atoms with van der Waals surface area (Å²) in [7, 11) is 1.73. The van der Waals surface area contributed by atoms with Crippen LogP contribution in [0.3, 0.4) is 0 Å². The number of rotatable bonds is 10. The Morgan fingerprint density at radius 2 is 1.95 bits per heavy atom. The molecule has 0 saturated carbocycles. The Bertz CT molecular complexity index is 1220. The Kier molecular flexibility index (Phi) is 8.71. The SMILES string of the molecule is COCCCn1c(C2CCCN(C(=O)C[C@@H](Cc3ccc(N)cc3)NC(=O)O)C2)c(C)c2ccccc21. The largest absolute Gasteiger partial charge is 0.465 e. The van der Waals surface area contributed by atoms with Crippen LogP contribution in [0.15, 0.2) is 48.5 Å². The van der Waals surface area contributed by atoms with Gasteiger partial charge in [-0.1, -0.05) is 30.3 Å². The number of nitrogen functional groups attached to an aromatic ring is 1. The smallest absolute Gasteiger partial charge is 0.404 e. The molecule has 8 heteroatoms. The summed E-state index contributed by atoms with van der Waals surface area (Å²) in [5.41, 5.74) is 11.2. The van der Waals surface area contributed by atoms with Crippen LogP contribution in [-0.2, 0) is 22.5 Å². The quantitative estimate of drug-likeness (QED) is 0.276. The Morgan fingerprint density at radius 1 is 1.19 bits per heavy atom. The van der Waals surface area contributed by atoms with Crippen LogP contribution in [-0.4, -0.2) is 59.4 Å². The summed E-state index contributed by atoms with van der Waals surface area (Å²) in [6.07, 6.45) is 2.30. The second-order valence-corrected chi connectivity index (χ2v) is 10.0. The maximum absolute atomic E-state index is 13.4. The van der Waals surface area contributed by atoms with Gasteiger partial charge in [-0.3, -0.25) is 4.79 Å². The number of para-hydroxylation sites is 1. The Balaban J connectivity index is 1.51. The van der Waals surface area contributed by atoms with E-state index < -0.39 is 12.1 Å².